The first kappa shape index (κ1) is 18.6. The molecule has 1 aliphatic heterocycles. The van der Waals surface area contributed by atoms with Crippen LogP contribution in [0.25, 0.3) is 11.3 Å². The van der Waals surface area contributed by atoms with Gasteiger partial charge in [0, 0.05) is 42.9 Å². The number of hydrogen-bond acceptors (Lipinski definition) is 4. The summed E-state index contributed by atoms with van der Waals surface area (Å²) in [6, 6.07) is 16.7. The molecule has 1 aromatic heterocycles. The van der Waals surface area contributed by atoms with Gasteiger partial charge in [0.05, 0.1) is 18.9 Å². The lowest BCUT2D eigenvalue weighted by Gasteiger charge is -2.27. The summed E-state index contributed by atoms with van der Waals surface area (Å²) >= 11 is 0. The van der Waals surface area contributed by atoms with Gasteiger partial charge in [0.15, 0.2) is 11.5 Å². The van der Waals surface area contributed by atoms with Crippen molar-refractivity contribution in [3.8, 4) is 22.8 Å². The summed E-state index contributed by atoms with van der Waals surface area (Å²) in [5.74, 6) is 1.55. The van der Waals surface area contributed by atoms with Crippen LogP contribution in [0, 0.1) is 0 Å². The van der Waals surface area contributed by atoms with E-state index in [4.69, 9.17) is 9.47 Å². The van der Waals surface area contributed by atoms with E-state index in [9.17, 15) is 0 Å². The molecule has 0 atom stereocenters. The number of aromatic amines is 1. The Morgan fingerprint density at radius 3 is 2.57 bits per heavy atom. The Morgan fingerprint density at radius 2 is 1.79 bits per heavy atom. The number of benzene rings is 2. The normalized spacial score (nSPS) is 13.9. The van der Waals surface area contributed by atoms with E-state index in [0.717, 1.165) is 48.8 Å². The van der Waals surface area contributed by atoms with E-state index in [1.165, 1.54) is 16.8 Å². The molecule has 0 aliphatic carbocycles. The second kappa shape index (κ2) is 8.48. The fraction of sp³-hybridized carbons (Fsp3) is 0.348. The minimum atomic E-state index is 0.604. The first-order valence-electron chi connectivity index (χ1n) is 10.0. The van der Waals surface area contributed by atoms with Gasteiger partial charge in [-0.3, -0.25) is 10.00 Å². The molecule has 0 unspecified atom stereocenters. The van der Waals surface area contributed by atoms with Crippen LogP contribution in [0.5, 0.6) is 11.5 Å². The highest BCUT2D eigenvalue weighted by atomic mass is 16.5. The molecule has 0 amide bonds. The average molecular weight is 377 g/mol. The molecule has 0 saturated heterocycles. The number of rotatable bonds is 7. The number of fused-ring (bicyclic) bond motifs is 1. The molecule has 3 aromatic rings. The number of aromatic nitrogens is 2. The van der Waals surface area contributed by atoms with Crippen LogP contribution >= 0.6 is 0 Å². The van der Waals surface area contributed by atoms with Gasteiger partial charge in [-0.1, -0.05) is 30.3 Å². The predicted molar refractivity (Wildman–Crippen MR) is 111 cm³/mol. The van der Waals surface area contributed by atoms with Gasteiger partial charge in [-0.25, -0.2) is 0 Å². The van der Waals surface area contributed by atoms with Crippen molar-refractivity contribution in [2.75, 3.05) is 19.8 Å². The molecule has 2 aromatic carbocycles. The third kappa shape index (κ3) is 3.90. The first-order chi connectivity index (χ1) is 13.8. The van der Waals surface area contributed by atoms with Crippen LogP contribution in [-0.2, 0) is 19.5 Å². The first-order valence-corrected chi connectivity index (χ1v) is 10.0. The molecule has 28 heavy (non-hydrogen) atoms. The van der Waals surface area contributed by atoms with Crippen molar-refractivity contribution < 1.29 is 9.47 Å². The summed E-state index contributed by atoms with van der Waals surface area (Å²) in [6.45, 7) is 8.08. The van der Waals surface area contributed by atoms with Gasteiger partial charge < -0.3 is 9.47 Å². The minimum absolute atomic E-state index is 0.604. The molecule has 2 heterocycles. The van der Waals surface area contributed by atoms with E-state index < -0.39 is 0 Å². The van der Waals surface area contributed by atoms with Gasteiger partial charge in [-0.15, -0.1) is 0 Å². The predicted octanol–water partition coefficient (Wildman–Crippen LogP) is 4.43. The molecule has 5 heteroatoms. The quantitative estimate of drug-likeness (QED) is 0.662. The van der Waals surface area contributed by atoms with Gasteiger partial charge in [0.1, 0.15) is 0 Å². The largest absolute Gasteiger partial charge is 0.490 e. The topological polar surface area (TPSA) is 50.4 Å². The van der Waals surface area contributed by atoms with Crippen molar-refractivity contribution in [1.29, 1.82) is 0 Å². The molecule has 0 spiro atoms. The fourth-order valence-corrected chi connectivity index (χ4v) is 3.76. The van der Waals surface area contributed by atoms with Crippen LogP contribution in [0.1, 0.15) is 30.7 Å². The maximum Gasteiger partial charge on any atom is 0.161 e. The van der Waals surface area contributed by atoms with E-state index in [1.54, 1.807) is 0 Å². The lowest BCUT2D eigenvalue weighted by atomic mass is 10.00. The van der Waals surface area contributed by atoms with Crippen molar-refractivity contribution in [2.24, 2.45) is 0 Å². The van der Waals surface area contributed by atoms with Gasteiger partial charge in [0.25, 0.3) is 0 Å². The van der Waals surface area contributed by atoms with Crippen molar-refractivity contribution in [2.45, 2.75) is 33.4 Å². The fourth-order valence-electron chi connectivity index (χ4n) is 3.76. The van der Waals surface area contributed by atoms with Gasteiger partial charge >= 0.3 is 0 Å². The van der Waals surface area contributed by atoms with Crippen LogP contribution in [-0.4, -0.2) is 34.9 Å². The Hall–Kier alpha value is -2.79. The van der Waals surface area contributed by atoms with E-state index in [1.807, 2.05) is 26.0 Å². The molecule has 4 rings (SSSR count). The second-order valence-electron chi connectivity index (χ2n) is 7.00. The maximum absolute atomic E-state index is 5.80. The minimum Gasteiger partial charge on any atom is -0.490 e. The van der Waals surface area contributed by atoms with E-state index in [0.29, 0.717) is 13.2 Å². The number of hydrogen-bond donors (Lipinski definition) is 1. The molecule has 0 radical (unpaired) electrons. The monoisotopic (exact) mass is 377 g/mol. The summed E-state index contributed by atoms with van der Waals surface area (Å²) in [5, 5.41) is 7.89. The van der Waals surface area contributed by atoms with Gasteiger partial charge in [-0.2, -0.15) is 5.10 Å². The molecular formula is C23H27N3O2. The Balaban J connectivity index is 1.59. The second-order valence-corrected chi connectivity index (χ2v) is 7.00. The van der Waals surface area contributed by atoms with Crippen molar-refractivity contribution >= 4 is 0 Å². The Morgan fingerprint density at radius 1 is 1.00 bits per heavy atom. The Bertz CT molecular complexity index is 921. The van der Waals surface area contributed by atoms with E-state index in [-0.39, 0.29) is 0 Å². The third-order valence-corrected chi connectivity index (χ3v) is 5.08. The van der Waals surface area contributed by atoms with Crippen LogP contribution in [0.2, 0.25) is 0 Å². The lowest BCUT2D eigenvalue weighted by Crippen LogP contribution is -2.29. The molecule has 0 saturated carbocycles. The highest BCUT2D eigenvalue weighted by molar-refractivity contribution is 5.68. The summed E-state index contributed by atoms with van der Waals surface area (Å²) in [7, 11) is 0. The van der Waals surface area contributed by atoms with Gasteiger partial charge in [0.2, 0.25) is 0 Å². The Kier molecular flexibility index (Phi) is 5.63. The van der Waals surface area contributed by atoms with Crippen LogP contribution in [0.15, 0.2) is 48.5 Å². The zero-order valence-electron chi connectivity index (χ0n) is 16.6. The van der Waals surface area contributed by atoms with Gasteiger partial charge in [-0.05, 0) is 37.6 Å². The number of H-pyrrole nitrogens is 1. The number of nitrogens with zero attached hydrogens (tertiary/aromatic N) is 2. The van der Waals surface area contributed by atoms with Crippen molar-refractivity contribution in [3.63, 3.8) is 0 Å². The highest BCUT2D eigenvalue weighted by Gasteiger charge is 2.23. The zero-order chi connectivity index (χ0) is 19.3. The lowest BCUT2D eigenvalue weighted by molar-refractivity contribution is 0.245. The van der Waals surface area contributed by atoms with E-state index >= 15 is 0 Å². The average Bonchev–Trinajstić information content (AvgIpc) is 3.14. The molecule has 0 fully saturated rings. The maximum atomic E-state index is 5.80. The van der Waals surface area contributed by atoms with Crippen LogP contribution < -0.4 is 9.47 Å². The summed E-state index contributed by atoms with van der Waals surface area (Å²) < 4.78 is 11.5. The molecule has 1 N–H and O–H groups in total. The third-order valence-electron chi connectivity index (χ3n) is 5.08. The molecule has 5 nitrogen and oxygen atoms in total. The molecule has 146 valence electrons. The highest BCUT2D eigenvalue weighted by Crippen LogP contribution is 2.35. The van der Waals surface area contributed by atoms with E-state index in [2.05, 4.69) is 51.5 Å². The molecule has 0 bridgehead atoms. The SMILES string of the molecule is CCOc1ccc(-c2n[nH]c3c2CN(Cc2ccccc2)CC3)cc1OCC. The zero-order valence-corrected chi connectivity index (χ0v) is 16.6. The number of ether oxygens (including phenoxy) is 2. The summed E-state index contributed by atoms with van der Waals surface area (Å²) in [4.78, 5) is 2.48. The van der Waals surface area contributed by atoms with Crippen molar-refractivity contribution in [1.82, 2.24) is 15.1 Å². The smallest absolute Gasteiger partial charge is 0.161 e. The van der Waals surface area contributed by atoms with Crippen LogP contribution in [0.4, 0.5) is 0 Å². The standard InChI is InChI=1S/C23H27N3O2/c1-3-27-21-11-10-18(14-22(21)28-4-2)23-19-16-26(13-12-20(19)24-25-23)15-17-8-6-5-7-9-17/h5-11,14H,3-4,12-13,15-16H2,1-2H3,(H,24,25). The van der Waals surface area contributed by atoms with Crippen LogP contribution in [0.3, 0.4) is 0 Å². The van der Waals surface area contributed by atoms with Crippen molar-refractivity contribution in [3.05, 3.63) is 65.4 Å². The summed E-state index contributed by atoms with van der Waals surface area (Å²) in [6.07, 6.45) is 0.991. The molecule has 1 aliphatic rings. The molecular weight excluding hydrogens is 350 g/mol. The Labute approximate surface area is 166 Å². The number of nitrogens with one attached hydrogen (secondary N) is 1. The summed E-state index contributed by atoms with van der Waals surface area (Å²) in [5.41, 5.74) is 5.94.